The van der Waals surface area contributed by atoms with Gasteiger partial charge in [-0.1, -0.05) is 107 Å². The highest BCUT2D eigenvalue weighted by molar-refractivity contribution is 9.11. The largest absolute Gasteiger partial charge is 0.356 e. The number of hydrogen-bond donors (Lipinski definition) is 0. The Balaban J connectivity index is 2.24. The molecular formula is C23H21BrO. The highest BCUT2D eigenvalue weighted by Crippen LogP contribution is 2.40. The Morgan fingerprint density at radius 1 is 0.760 bits per heavy atom. The lowest BCUT2D eigenvalue weighted by Gasteiger charge is -2.36. The van der Waals surface area contributed by atoms with Crippen LogP contribution in [0.5, 0.6) is 0 Å². The number of rotatable bonds is 6. The zero-order valence-electron chi connectivity index (χ0n) is 14.2. The SMILES string of the molecule is CC(=CBr)COC(c1ccccc1)(c1ccccc1)c1ccccc1. The molecule has 0 aliphatic rings. The Morgan fingerprint density at radius 3 is 1.44 bits per heavy atom. The summed E-state index contributed by atoms with van der Waals surface area (Å²) in [7, 11) is 0. The van der Waals surface area contributed by atoms with Gasteiger partial charge in [0.25, 0.3) is 0 Å². The van der Waals surface area contributed by atoms with Gasteiger partial charge in [0.2, 0.25) is 0 Å². The van der Waals surface area contributed by atoms with Gasteiger partial charge in [0.1, 0.15) is 5.60 Å². The summed E-state index contributed by atoms with van der Waals surface area (Å²) in [6.07, 6.45) is 0. The Kier molecular flexibility index (Phi) is 5.85. The molecule has 0 heterocycles. The number of ether oxygens (including phenoxy) is 1. The van der Waals surface area contributed by atoms with E-state index >= 15 is 0 Å². The van der Waals surface area contributed by atoms with Crippen molar-refractivity contribution in [1.82, 2.24) is 0 Å². The van der Waals surface area contributed by atoms with Gasteiger partial charge in [-0.2, -0.15) is 0 Å². The fraction of sp³-hybridized carbons (Fsp3) is 0.130. The maximum Gasteiger partial charge on any atom is 0.144 e. The molecule has 0 saturated carbocycles. The standard InChI is InChI=1S/C23H21BrO/c1-19(17-24)18-25-23(20-11-5-2-6-12-20,21-13-7-3-8-14-21)22-15-9-4-10-16-22/h2-17H,18H2,1H3. The van der Waals surface area contributed by atoms with Gasteiger partial charge in [-0.25, -0.2) is 0 Å². The Hall–Kier alpha value is -2.16. The molecule has 0 amide bonds. The van der Waals surface area contributed by atoms with Crippen molar-refractivity contribution in [3.8, 4) is 0 Å². The molecule has 0 spiro atoms. The summed E-state index contributed by atoms with van der Waals surface area (Å²) in [6.45, 7) is 2.59. The van der Waals surface area contributed by atoms with Gasteiger partial charge >= 0.3 is 0 Å². The van der Waals surface area contributed by atoms with Gasteiger partial charge < -0.3 is 4.74 Å². The lowest BCUT2D eigenvalue weighted by atomic mass is 9.80. The molecule has 0 aliphatic carbocycles. The van der Waals surface area contributed by atoms with Crippen LogP contribution in [0.4, 0.5) is 0 Å². The maximum atomic E-state index is 6.64. The van der Waals surface area contributed by atoms with Crippen molar-refractivity contribution in [2.75, 3.05) is 6.61 Å². The van der Waals surface area contributed by atoms with Crippen molar-refractivity contribution in [3.05, 3.63) is 118 Å². The summed E-state index contributed by atoms with van der Waals surface area (Å²) < 4.78 is 6.64. The van der Waals surface area contributed by atoms with Crippen LogP contribution in [0.1, 0.15) is 23.6 Å². The third-order valence-electron chi connectivity index (χ3n) is 4.24. The first kappa shape index (κ1) is 17.7. The lowest BCUT2D eigenvalue weighted by molar-refractivity contribution is 0.0279. The van der Waals surface area contributed by atoms with Crippen LogP contribution in [-0.2, 0) is 10.3 Å². The second-order valence-electron chi connectivity index (χ2n) is 6.02. The Bertz CT molecular complexity index is 714. The minimum Gasteiger partial charge on any atom is -0.356 e. The van der Waals surface area contributed by atoms with E-state index in [4.69, 9.17) is 4.74 Å². The normalized spacial score (nSPS) is 12.2. The van der Waals surface area contributed by atoms with Gasteiger partial charge in [0, 0.05) is 0 Å². The van der Waals surface area contributed by atoms with Gasteiger partial charge in [-0.05, 0) is 34.2 Å². The molecule has 0 unspecified atom stereocenters. The Labute approximate surface area is 158 Å². The summed E-state index contributed by atoms with van der Waals surface area (Å²) in [4.78, 5) is 1.92. The van der Waals surface area contributed by atoms with Gasteiger partial charge in [0.05, 0.1) is 6.61 Å². The van der Waals surface area contributed by atoms with Gasteiger partial charge in [-0.3, -0.25) is 0 Å². The van der Waals surface area contributed by atoms with Crippen molar-refractivity contribution in [3.63, 3.8) is 0 Å². The van der Waals surface area contributed by atoms with E-state index in [2.05, 4.69) is 95.7 Å². The molecule has 126 valence electrons. The van der Waals surface area contributed by atoms with E-state index in [0.717, 1.165) is 22.3 Å². The van der Waals surface area contributed by atoms with Crippen molar-refractivity contribution >= 4 is 15.9 Å². The van der Waals surface area contributed by atoms with Crippen LogP contribution >= 0.6 is 15.9 Å². The van der Waals surface area contributed by atoms with E-state index in [1.54, 1.807) is 0 Å². The number of halogens is 1. The minimum absolute atomic E-state index is 0.532. The second-order valence-corrected chi connectivity index (χ2v) is 6.48. The molecular weight excluding hydrogens is 372 g/mol. The van der Waals surface area contributed by atoms with E-state index in [1.807, 2.05) is 23.2 Å². The van der Waals surface area contributed by atoms with Crippen LogP contribution in [0.15, 0.2) is 102 Å². The topological polar surface area (TPSA) is 9.23 Å². The lowest BCUT2D eigenvalue weighted by Crippen LogP contribution is -2.33. The average molecular weight is 393 g/mol. The molecule has 0 N–H and O–H groups in total. The maximum absolute atomic E-state index is 6.64. The second kappa shape index (κ2) is 8.28. The van der Waals surface area contributed by atoms with Crippen molar-refractivity contribution in [2.45, 2.75) is 12.5 Å². The fourth-order valence-corrected chi connectivity index (χ4v) is 3.15. The van der Waals surface area contributed by atoms with Gasteiger partial charge in [-0.15, -0.1) is 0 Å². The van der Waals surface area contributed by atoms with Crippen molar-refractivity contribution in [1.29, 1.82) is 0 Å². The molecule has 0 atom stereocenters. The third-order valence-corrected chi connectivity index (χ3v) is 5.03. The van der Waals surface area contributed by atoms with Gasteiger partial charge in [0.15, 0.2) is 0 Å². The number of benzene rings is 3. The van der Waals surface area contributed by atoms with Crippen LogP contribution in [-0.4, -0.2) is 6.61 Å². The predicted octanol–water partition coefficient (Wildman–Crippen LogP) is 6.29. The van der Waals surface area contributed by atoms with Crippen LogP contribution < -0.4 is 0 Å². The minimum atomic E-state index is -0.652. The first-order valence-electron chi connectivity index (χ1n) is 8.34. The molecule has 2 heteroatoms. The molecule has 25 heavy (non-hydrogen) atoms. The zero-order chi connectivity index (χ0) is 17.5. The Morgan fingerprint density at radius 2 is 1.12 bits per heavy atom. The number of hydrogen-bond acceptors (Lipinski definition) is 1. The van der Waals surface area contributed by atoms with E-state index in [1.165, 1.54) is 0 Å². The first-order chi connectivity index (χ1) is 12.3. The van der Waals surface area contributed by atoms with Crippen LogP contribution in [0.3, 0.4) is 0 Å². The molecule has 0 saturated heterocycles. The first-order valence-corrected chi connectivity index (χ1v) is 9.25. The molecule has 3 rings (SSSR count). The van der Waals surface area contributed by atoms with Crippen molar-refractivity contribution < 1.29 is 4.74 Å². The van der Waals surface area contributed by atoms with E-state index < -0.39 is 5.60 Å². The molecule has 0 fully saturated rings. The molecule has 0 bridgehead atoms. The zero-order valence-corrected chi connectivity index (χ0v) is 15.8. The van der Waals surface area contributed by atoms with E-state index in [9.17, 15) is 0 Å². The smallest absolute Gasteiger partial charge is 0.144 e. The van der Waals surface area contributed by atoms with Crippen molar-refractivity contribution in [2.24, 2.45) is 0 Å². The highest BCUT2D eigenvalue weighted by atomic mass is 79.9. The summed E-state index contributed by atoms with van der Waals surface area (Å²) >= 11 is 3.41. The monoisotopic (exact) mass is 392 g/mol. The van der Waals surface area contributed by atoms with E-state index in [0.29, 0.717) is 6.61 Å². The quantitative estimate of drug-likeness (QED) is 0.447. The van der Waals surface area contributed by atoms with E-state index in [-0.39, 0.29) is 0 Å². The summed E-state index contributed by atoms with van der Waals surface area (Å²) in [5.74, 6) is 0. The molecule has 0 radical (unpaired) electrons. The van der Waals surface area contributed by atoms with Crippen LogP contribution in [0.2, 0.25) is 0 Å². The molecule has 1 nitrogen and oxygen atoms in total. The van der Waals surface area contributed by atoms with Crippen LogP contribution in [0.25, 0.3) is 0 Å². The summed E-state index contributed by atoms with van der Waals surface area (Å²) in [5, 5.41) is 0. The summed E-state index contributed by atoms with van der Waals surface area (Å²) in [5.41, 5.74) is 3.84. The molecule has 0 aromatic heterocycles. The highest BCUT2D eigenvalue weighted by Gasteiger charge is 2.37. The molecule has 3 aromatic rings. The summed E-state index contributed by atoms with van der Waals surface area (Å²) in [6, 6.07) is 31.3. The molecule has 0 aliphatic heterocycles. The molecule has 3 aromatic carbocycles. The van der Waals surface area contributed by atoms with Crippen LogP contribution in [0, 0.1) is 0 Å². The third kappa shape index (κ3) is 3.76. The average Bonchev–Trinajstić information content (AvgIpc) is 2.71. The predicted molar refractivity (Wildman–Crippen MR) is 108 cm³/mol. The fourth-order valence-electron chi connectivity index (χ4n) is 3.02.